The van der Waals surface area contributed by atoms with Crippen LogP contribution in [0.4, 0.5) is 8.78 Å². The van der Waals surface area contributed by atoms with Crippen molar-refractivity contribution in [2.45, 2.75) is 58.7 Å². The molecular weight excluding hydrogens is 434 g/mol. The Balaban J connectivity index is 1.76. The lowest BCUT2D eigenvalue weighted by atomic mass is 9.88. The van der Waals surface area contributed by atoms with Crippen molar-refractivity contribution >= 4 is 5.91 Å². The average Bonchev–Trinajstić information content (AvgIpc) is 3.19. The Morgan fingerprint density at radius 2 is 1.91 bits per heavy atom. The molecule has 1 N–H and O–H groups in total. The van der Waals surface area contributed by atoms with Crippen molar-refractivity contribution in [3.63, 3.8) is 0 Å². The normalized spacial score (nSPS) is 16.8. The summed E-state index contributed by atoms with van der Waals surface area (Å²) in [5, 5.41) is 7.59. The summed E-state index contributed by atoms with van der Waals surface area (Å²) in [6, 6.07) is 12.0. The number of amides is 1. The molecule has 2 atom stereocenters. The zero-order chi connectivity index (χ0) is 24.4. The molecule has 0 radical (unpaired) electrons. The number of benzene rings is 2. The number of hydrogen-bond donors (Lipinski definition) is 1. The highest BCUT2D eigenvalue weighted by atomic mass is 19.1. The molecular formula is C27H32F2N4O. The van der Waals surface area contributed by atoms with Gasteiger partial charge >= 0.3 is 0 Å². The minimum absolute atomic E-state index is 0.0428. The quantitative estimate of drug-likeness (QED) is 0.543. The second-order valence-corrected chi connectivity index (χ2v) is 8.88. The third-order valence-corrected chi connectivity index (χ3v) is 6.95. The zero-order valence-corrected chi connectivity index (χ0v) is 20.2. The molecule has 4 rings (SSSR count). The van der Waals surface area contributed by atoms with E-state index in [0.29, 0.717) is 24.9 Å². The zero-order valence-electron chi connectivity index (χ0n) is 20.2. The first kappa shape index (κ1) is 24.1. The van der Waals surface area contributed by atoms with Gasteiger partial charge in [-0.3, -0.25) is 14.4 Å². The van der Waals surface area contributed by atoms with Crippen molar-refractivity contribution in [1.82, 2.24) is 20.0 Å². The van der Waals surface area contributed by atoms with Gasteiger partial charge in [0.2, 0.25) is 5.91 Å². The molecule has 180 valence electrons. The van der Waals surface area contributed by atoms with Gasteiger partial charge < -0.3 is 5.32 Å². The van der Waals surface area contributed by atoms with Gasteiger partial charge in [0.25, 0.3) is 0 Å². The minimum Gasteiger partial charge on any atom is -0.358 e. The van der Waals surface area contributed by atoms with Gasteiger partial charge in [-0.2, -0.15) is 5.10 Å². The lowest BCUT2D eigenvalue weighted by molar-refractivity contribution is -0.127. The third-order valence-electron chi connectivity index (χ3n) is 6.95. The standard InChI is InChI=1S/C27H32F2N4O/c1-5-33-23-15-16-32(26(27(34)30-4)20-9-7-6-8-10-20)22(24(23)18(3)31-33)14-12-19-11-13-21(28)17(2)25(19)29/h6-11,13,22,26H,5,12,14-16H2,1-4H3,(H,30,34). The summed E-state index contributed by atoms with van der Waals surface area (Å²) >= 11 is 0. The Kier molecular flexibility index (Phi) is 7.12. The molecule has 1 amide bonds. The predicted molar refractivity (Wildman–Crippen MR) is 128 cm³/mol. The first-order valence-electron chi connectivity index (χ1n) is 11.9. The topological polar surface area (TPSA) is 50.2 Å². The van der Waals surface area contributed by atoms with Gasteiger partial charge in [0, 0.05) is 49.4 Å². The number of fused-ring (bicyclic) bond motifs is 1. The van der Waals surface area contributed by atoms with E-state index >= 15 is 0 Å². The molecule has 1 aliphatic heterocycles. The fourth-order valence-electron chi connectivity index (χ4n) is 5.25. The predicted octanol–water partition coefficient (Wildman–Crippen LogP) is 4.82. The number of aromatic nitrogens is 2. The number of rotatable bonds is 7. The number of halogens is 2. The number of likely N-dealkylation sites (N-methyl/N-ethyl adjacent to an activating group) is 1. The van der Waals surface area contributed by atoms with E-state index in [1.807, 2.05) is 41.9 Å². The molecule has 0 saturated heterocycles. The van der Waals surface area contributed by atoms with E-state index in [0.717, 1.165) is 29.8 Å². The molecule has 7 heteroatoms. The van der Waals surface area contributed by atoms with Crippen LogP contribution in [-0.4, -0.2) is 34.2 Å². The first-order chi connectivity index (χ1) is 16.4. The lowest BCUT2D eigenvalue weighted by Crippen LogP contribution is -2.45. The number of carbonyl (C=O) groups excluding carboxylic acids is 1. The maximum Gasteiger partial charge on any atom is 0.241 e. The van der Waals surface area contributed by atoms with Crippen molar-refractivity contribution < 1.29 is 13.6 Å². The van der Waals surface area contributed by atoms with Gasteiger partial charge in [-0.1, -0.05) is 36.4 Å². The molecule has 1 aromatic heterocycles. The molecule has 34 heavy (non-hydrogen) atoms. The number of nitrogens with zero attached hydrogens (tertiary/aromatic N) is 3. The smallest absolute Gasteiger partial charge is 0.241 e. The molecule has 0 bridgehead atoms. The Bertz CT molecular complexity index is 1180. The Labute approximate surface area is 199 Å². The van der Waals surface area contributed by atoms with Crippen LogP contribution < -0.4 is 5.32 Å². The van der Waals surface area contributed by atoms with E-state index in [1.54, 1.807) is 7.05 Å². The molecule has 1 aliphatic rings. The summed E-state index contributed by atoms with van der Waals surface area (Å²) in [7, 11) is 1.65. The van der Waals surface area contributed by atoms with Crippen molar-refractivity contribution in [2.75, 3.05) is 13.6 Å². The van der Waals surface area contributed by atoms with Crippen molar-refractivity contribution in [1.29, 1.82) is 0 Å². The van der Waals surface area contributed by atoms with Gasteiger partial charge in [0.15, 0.2) is 0 Å². The summed E-state index contributed by atoms with van der Waals surface area (Å²) < 4.78 is 30.7. The van der Waals surface area contributed by atoms with E-state index in [9.17, 15) is 13.6 Å². The van der Waals surface area contributed by atoms with Crippen LogP contribution in [0.1, 0.15) is 59.1 Å². The highest BCUT2D eigenvalue weighted by Crippen LogP contribution is 2.41. The van der Waals surface area contributed by atoms with Crippen LogP contribution in [0.3, 0.4) is 0 Å². The fraction of sp³-hybridized carbons (Fsp3) is 0.407. The van der Waals surface area contributed by atoms with E-state index in [-0.39, 0.29) is 17.5 Å². The van der Waals surface area contributed by atoms with Crippen LogP contribution in [0.15, 0.2) is 42.5 Å². The van der Waals surface area contributed by atoms with E-state index in [2.05, 4.69) is 17.1 Å². The van der Waals surface area contributed by atoms with Gasteiger partial charge in [0.1, 0.15) is 17.7 Å². The molecule has 0 fully saturated rings. The van der Waals surface area contributed by atoms with E-state index in [4.69, 9.17) is 5.10 Å². The van der Waals surface area contributed by atoms with Crippen LogP contribution in [0.25, 0.3) is 0 Å². The van der Waals surface area contributed by atoms with Gasteiger partial charge in [-0.25, -0.2) is 8.78 Å². The Hall–Kier alpha value is -3.06. The molecule has 0 saturated carbocycles. The van der Waals surface area contributed by atoms with Gasteiger partial charge in [-0.15, -0.1) is 0 Å². The Morgan fingerprint density at radius 1 is 1.18 bits per heavy atom. The highest BCUT2D eigenvalue weighted by molar-refractivity contribution is 5.83. The maximum atomic E-state index is 14.8. The number of aryl methyl sites for hydroxylation is 3. The molecule has 2 unspecified atom stereocenters. The summed E-state index contributed by atoms with van der Waals surface area (Å²) in [6.45, 7) is 6.99. The largest absolute Gasteiger partial charge is 0.358 e. The molecule has 5 nitrogen and oxygen atoms in total. The van der Waals surface area contributed by atoms with E-state index in [1.165, 1.54) is 24.8 Å². The molecule has 0 aliphatic carbocycles. The first-order valence-corrected chi connectivity index (χ1v) is 11.9. The molecule has 0 spiro atoms. The maximum absolute atomic E-state index is 14.8. The van der Waals surface area contributed by atoms with Gasteiger partial charge in [-0.05, 0) is 50.8 Å². The average molecular weight is 467 g/mol. The van der Waals surface area contributed by atoms with Crippen LogP contribution in [0.5, 0.6) is 0 Å². The third kappa shape index (κ3) is 4.37. The molecule has 2 aromatic carbocycles. The van der Waals surface area contributed by atoms with Crippen LogP contribution in [0.2, 0.25) is 0 Å². The molecule has 3 aromatic rings. The lowest BCUT2D eigenvalue weighted by Gasteiger charge is -2.41. The highest BCUT2D eigenvalue weighted by Gasteiger charge is 2.39. The van der Waals surface area contributed by atoms with Crippen molar-refractivity contribution in [3.05, 3.63) is 87.7 Å². The number of carbonyl (C=O) groups is 1. The van der Waals surface area contributed by atoms with E-state index < -0.39 is 17.7 Å². The minimum atomic E-state index is -0.536. The summed E-state index contributed by atoms with van der Waals surface area (Å²) in [4.78, 5) is 15.4. The number of nitrogens with one attached hydrogen (secondary N) is 1. The second kappa shape index (κ2) is 10.1. The monoisotopic (exact) mass is 466 g/mol. The summed E-state index contributed by atoms with van der Waals surface area (Å²) in [6.07, 6.45) is 1.80. The van der Waals surface area contributed by atoms with Crippen LogP contribution >= 0.6 is 0 Å². The number of hydrogen-bond acceptors (Lipinski definition) is 3. The van der Waals surface area contributed by atoms with Gasteiger partial charge in [0.05, 0.1) is 5.69 Å². The summed E-state index contributed by atoms with van der Waals surface area (Å²) in [5.41, 5.74) is 4.69. The summed E-state index contributed by atoms with van der Waals surface area (Å²) in [5.74, 6) is -1.11. The van der Waals surface area contributed by atoms with Crippen molar-refractivity contribution in [2.24, 2.45) is 0 Å². The van der Waals surface area contributed by atoms with Crippen molar-refractivity contribution in [3.8, 4) is 0 Å². The van der Waals surface area contributed by atoms with Crippen LogP contribution in [0, 0.1) is 25.5 Å². The van der Waals surface area contributed by atoms with Crippen LogP contribution in [-0.2, 0) is 24.2 Å². The fourth-order valence-corrected chi connectivity index (χ4v) is 5.25. The SMILES string of the molecule is CCn1nc(C)c2c1CCN(C(C(=O)NC)c1ccccc1)C2CCc1ccc(F)c(C)c1F. The second-order valence-electron chi connectivity index (χ2n) is 8.88. The Morgan fingerprint density at radius 3 is 2.59 bits per heavy atom. The molecule has 2 heterocycles.